The Bertz CT molecular complexity index is 370. The Morgan fingerprint density at radius 2 is 1.57 bits per heavy atom. The van der Waals surface area contributed by atoms with Crippen LogP contribution in [-0.2, 0) is 14.3 Å². The van der Waals surface area contributed by atoms with Crippen LogP contribution < -0.4 is 0 Å². The maximum Gasteiger partial charge on any atom is 0.338 e. The van der Waals surface area contributed by atoms with E-state index in [4.69, 9.17) is 0 Å². The lowest BCUT2D eigenvalue weighted by atomic mass is 9.99. The first-order valence-electron chi connectivity index (χ1n) is 8.76. The van der Waals surface area contributed by atoms with E-state index in [1.54, 1.807) is 0 Å². The van der Waals surface area contributed by atoms with Crippen LogP contribution in [0.4, 0.5) is 0 Å². The summed E-state index contributed by atoms with van der Waals surface area (Å²) < 4.78 is 4.65. The Morgan fingerprint density at radius 1 is 1.04 bits per heavy atom. The Hall–Kier alpha value is -0.980. The van der Waals surface area contributed by atoms with E-state index in [2.05, 4.69) is 11.7 Å². The van der Waals surface area contributed by atoms with Crippen molar-refractivity contribution in [2.24, 2.45) is 0 Å². The van der Waals surface area contributed by atoms with Crippen LogP contribution in [0.3, 0.4) is 0 Å². The van der Waals surface area contributed by atoms with Gasteiger partial charge in [0.2, 0.25) is 0 Å². The summed E-state index contributed by atoms with van der Waals surface area (Å²) in [6, 6.07) is 0. The third kappa shape index (κ3) is 6.57. The fraction of sp³-hybridized carbons (Fsp3) is 0.882. The average molecular weight is 330 g/mol. The largest absolute Gasteiger partial charge is 0.454 e. The van der Waals surface area contributed by atoms with Crippen molar-refractivity contribution in [1.29, 1.82) is 0 Å². The van der Waals surface area contributed by atoms with Gasteiger partial charge in [-0.15, -0.1) is 0 Å². The second-order valence-corrected chi connectivity index (χ2v) is 6.33. The van der Waals surface area contributed by atoms with Gasteiger partial charge in [0.15, 0.2) is 24.1 Å². The summed E-state index contributed by atoms with van der Waals surface area (Å²) in [6.07, 6.45) is 4.14. The number of esters is 1. The zero-order valence-corrected chi connectivity index (χ0v) is 13.9. The summed E-state index contributed by atoms with van der Waals surface area (Å²) in [7, 11) is 0. The molecule has 3 N–H and O–H groups in total. The predicted octanol–water partition coefficient (Wildman–Crippen LogP) is 1.48. The quantitative estimate of drug-likeness (QED) is 0.370. The fourth-order valence-electron chi connectivity index (χ4n) is 2.78. The lowest BCUT2D eigenvalue weighted by Crippen LogP contribution is -2.42. The lowest BCUT2D eigenvalue weighted by molar-refractivity contribution is -0.153. The molecule has 1 saturated heterocycles. The number of rotatable bonds is 12. The van der Waals surface area contributed by atoms with E-state index in [-0.39, 0.29) is 6.42 Å². The molecular formula is C17H30O6. The smallest absolute Gasteiger partial charge is 0.338 e. The maximum absolute atomic E-state index is 11.9. The van der Waals surface area contributed by atoms with Crippen molar-refractivity contribution < 1.29 is 29.6 Å². The third-order valence-electron chi connectivity index (χ3n) is 4.32. The molecule has 0 radical (unpaired) electrons. The molecular weight excluding hydrogens is 300 g/mol. The van der Waals surface area contributed by atoms with Crippen LogP contribution in [0.5, 0.6) is 0 Å². The van der Waals surface area contributed by atoms with Gasteiger partial charge < -0.3 is 20.1 Å². The van der Waals surface area contributed by atoms with Crippen molar-refractivity contribution in [3.05, 3.63) is 0 Å². The molecule has 0 spiro atoms. The number of hydrogen-bond acceptors (Lipinski definition) is 6. The summed E-state index contributed by atoms with van der Waals surface area (Å²) >= 11 is 0. The predicted molar refractivity (Wildman–Crippen MR) is 84.8 cm³/mol. The van der Waals surface area contributed by atoms with E-state index >= 15 is 0 Å². The SMILES string of the molecule is CCCCCCCCCCCC(=O)[C@H](O)[C@H]1OC(=O)[C@@H](O)[C@H]1O. The van der Waals surface area contributed by atoms with Gasteiger partial charge in [-0.05, 0) is 6.42 Å². The zero-order chi connectivity index (χ0) is 17.2. The Morgan fingerprint density at radius 3 is 2.04 bits per heavy atom. The van der Waals surface area contributed by atoms with Crippen LogP contribution in [-0.4, -0.2) is 51.5 Å². The summed E-state index contributed by atoms with van der Waals surface area (Å²) in [5.74, 6) is -1.46. The molecule has 0 amide bonds. The number of carbonyl (C=O) groups is 2. The second-order valence-electron chi connectivity index (χ2n) is 6.33. The van der Waals surface area contributed by atoms with Crippen LogP contribution in [0.25, 0.3) is 0 Å². The molecule has 1 rings (SSSR count). The second kappa shape index (κ2) is 10.7. The highest BCUT2D eigenvalue weighted by Crippen LogP contribution is 2.21. The topological polar surface area (TPSA) is 104 Å². The van der Waals surface area contributed by atoms with E-state index in [1.165, 1.54) is 32.1 Å². The number of ether oxygens (including phenoxy) is 1. The van der Waals surface area contributed by atoms with Crippen LogP contribution in [0.15, 0.2) is 0 Å². The Labute approximate surface area is 137 Å². The number of Topliss-reactive ketones (excluding diaryl/α,β-unsaturated/α-hetero) is 1. The van der Waals surface area contributed by atoms with Crippen molar-refractivity contribution in [2.75, 3.05) is 0 Å². The van der Waals surface area contributed by atoms with E-state index < -0.39 is 36.2 Å². The molecule has 0 aliphatic carbocycles. The van der Waals surface area contributed by atoms with Gasteiger partial charge >= 0.3 is 5.97 Å². The molecule has 23 heavy (non-hydrogen) atoms. The first-order valence-corrected chi connectivity index (χ1v) is 8.76. The van der Waals surface area contributed by atoms with Gasteiger partial charge in [-0.2, -0.15) is 0 Å². The van der Waals surface area contributed by atoms with Crippen molar-refractivity contribution in [2.45, 2.75) is 95.5 Å². The molecule has 0 bridgehead atoms. The first kappa shape index (κ1) is 20.1. The highest BCUT2D eigenvalue weighted by Gasteiger charge is 2.47. The summed E-state index contributed by atoms with van der Waals surface area (Å²) in [5.41, 5.74) is 0. The number of hydrogen-bond donors (Lipinski definition) is 3. The van der Waals surface area contributed by atoms with Crippen LogP contribution in [0.1, 0.15) is 71.1 Å². The van der Waals surface area contributed by atoms with Gasteiger partial charge in [0.1, 0.15) is 6.10 Å². The van der Waals surface area contributed by atoms with Crippen LogP contribution in [0, 0.1) is 0 Å². The van der Waals surface area contributed by atoms with Gasteiger partial charge in [-0.1, -0.05) is 58.3 Å². The minimum Gasteiger partial charge on any atom is -0.454 e. The van der Waals surface area contributed by atoms with Gasteiger partial charge in [0, 0.05) is 6.42 Å². The first-order chi connectivity index (χ1) is 11.0. The minimum absolute atomic E-state index is 0.188. The Kier molecular flexibility index (Phi) is 9.36. The van der Waals surface area contributed by atoms with Crippen molar-refractivity contribution in [3.63, 3.8) is 0 Å². The molecule has 1 heterocycles. The standard InChI is InChI=1S/C17H30O6/c1-2-3-4-5-6-7-8-9-10-11-12(18)13(19)16-14(20)15(21)17(22)23-16/h13-16,19-21H,2-11H2,1H3/t13-,14+,15-,16+/m0/s1. The van der Waals surface area contributed by atoms with Crippen molar-refractivity contribution in [3.8, 4) is 0 Å². The maximum atomic E-state index is 11.9. The highest BCUT2D eigenvalue weighted by molar-refractivity contribution is 5.85. The van der Waals surface area contributed by atoms with E-state index in [1.807, 2.05) is 0 Å². The summed E-state index contributed by atoms with van der Waals surface area (Å²) in [5, 5.41) is 28.7. The number of carbonyl (C=O) groups excluding carboxylic acids is 2. The van der Waals surface area contributed by atoms with Crippen molar-refractivity contribution in [1.82, 2.24) is 0 Å². The fourth-order valence-corrected chi connectivity index (χ4v) is 2.78. The normalized spacial score (nSPS) is 25.4. The average Bonchev–Trinajstić information content (AvgIpc) is 2.80. The monoisotopic (exact) mass is 330 g/mol. The molecule has 0 aromatic heterocycles. The number of unbranched alkanes of at least 4 members (excludes halogenated alkanes) is 8. The molecule has 0 saturated carbocycles. The van der Waals surface area contributed by atoms with Crippen molar-refractivity contribution >= 4 is 11.8 Å². The van der Waals surface area contributed by atoms with Gasteiger partial charge in [-0.25, -0.2) is 4.79 Å². The van der Waals surface area contributed by atoms with Gasteiger partial charge in [0.25, 0.3) is 0 Å². The van der Waals surface area contributed by atoms with Gasteiger partial charge in [-0.3, -0.25) is 4.79 Å². The van der Waals surface area contributed by atoms with Gasteiger partial charge in [0.05, 0.1) is 0 Å². The van der Waals surface area contributed by atoms with Crippen LogP contribution >= 0.6 is 0 Å². The number of cyclic esters (lactones) is 1. The molecule has 4 atom stereocenters. The van der Waals surface area contributed by atoms with Crippen LogP contribution in [0.2, 0.25) is 0 Å². The Balaban J connectivity index is 2.11. The molecule has 0 aromatic rings. The number of ketones is 1. The third-order valence-corrected chi connectivity index (χ3v) is 4.32. The summed E-state index contributed by atoms with van der Waals surface area (Å²) in [4.78, 5) is 23.0. The van der Waals surface area contributed by atoms with E-state index in [9.17, 15) is 24.9 Å². The molecule has 0 aromatic carbocycles. The number of aliphatic hydroxyl groups is 3. The highest BCUT2D eigenvalue weighted by atomic mass is 16.6. The molecule has 0 unspecified atom stereocenters. The zero-order valence-electron chi connectivity index (χ0n) is 13.9. The molecule has 134 valence electrons. The summed E-state index contributed by atoms with van der Waals surface area (Å²) in [6.45, 7) is 2.19. The van der Waals surface area contributed by atoms with E-state index in [0.29, 0.717) is 6.42 Å². The van der Waals surface area contributed by atoms with E-state index in [0.717, 1.165) is 19.3 Å². The molecule has 6 nitrogen and oxygen atoms in total. The molecule has 1 fully saturated rings. The minimum atomic E-state index is -1.69. The molecule has 1 aliphatic heterocycles. The number of aliphatic hydroxyl groups excluding tert-OH is 3. The molecule has 6 heteroatoms. The lowest BCUT2D eigenvalue weighted by Gasteiger charge is -2.18. The molecule has 1 aliphatic rings.